The maximum atomic E-state index is 5.91. The fourth-order valence-corrected chi connectivity index (χ4v) is 1.92. The van der Waals surface area contributed by atoms with Crippen LogP contribution >= 0.6 is 0 Å². The van der Waals surface area contributed by atoms with E-state index in [2.05, 4.69) is 31.8 Å². The minimum absolute atomic E-state index is 0.0298. The highest BCUT2D eigenvalue weighted by atomic mass is 16.5. The molecule has 0 atom stereocenters. The van der Waals surface area contributed by atoms with Gasteiger partial charge < -0.3 is 10.5 Å². The minimum Gasteiger partial charge on any atom is -0.439 e. The van der Waals surface area contributed by atoms with Crippen LogP contribution in [0.4, 0.5) is 0 Å². The number of hydrogen-bond acceptors (Lipinski definition) is 3. The van der Waals surface area contributed by atoms with Crippen molar-refractivity contribution in [2.24, 2.45) is 5.73 Å². The van der Waals surface area contributed by atoms with Gasteiger partial charge in [-0.2, -0.15) is 0 Å². The summed E-state index contributed by atoms with van der Waals surface area (Å²) < 4.78 is 5.91. The molecule has 0 spiro atoms. The highest BCUT2D eigenvalue weighted by molar-refractivity contribution is 5.40. The zero-order valence-electron chi connectivity index (χ0n) is 11.7. The van der Waals surface area contributed by atoms with Gasteiger partial charge in [0.05, 0.1) is 0 Å². The van der Waals surface area contributed by atoms with E-state index < -0.39 is 0 Å². The molecule has 0 saturated carbocycles. The van der Waals surface area contributed by atoms with Crippen LogP contribution < -0.4 is 10.5 Å². The second-order valence-electron chi connectivity index (χ2n) is 5.55. The van der Waals surface area contributed by atoms with Crippen LogP contribution in [0, 0.1) is 0 Å². The van der Waals surface area contributed by atoms with E-state index in [1.807, 2.05) is 30.3 Å². The number of rotatable bonds is 3. The first-order valence-corrected chi connectivity index (χ1v) is 6.43. The highest BCUT2D eigenvalue weighted by Crippen LogP contribution is 2.33. The topological polar surface area (TPSA) is 48.1 Å². The lowest BCUT2D eigenvalue weighted by molar-refractivity contribution is 0.439. The molecular formula is C16H20N2O. The van der Waals surface area contributed by atoms with Gasteiger partial charge in [-0.25, -0.2) is 4.98 Å². The molecule has 0 aliphatic rings. The predicted molar refractivity (Wildman–Crippen MR) is 77.3 cm³/mol. The summed E-state index contributed by atoms with van der Waals surface area (Å²) in [6.45, 7) is 6.98. The summed E-state index contributed by atoms with van der Waals surface area (Å²) in [4.78, 5) is 4.23. The van der Waals surface area contributed by atoms with Crippen LogP contribution in [-0.4, -0.2) is 4.98 Å². The maximum Gasteiger partial charge on any atom is 0.219 e. The van der Waals surface area contributed by atoms with Crippen molar-refractivity contribution >= 4 is 0 Å². The molecule has 0 aliphatic carbocycles. The Kier molecular flexibility index (Phi) is 3.86. The van der Waals surface area contributed by atoms with Crippen molar-refractivity contribution in [3.63, 3.8) is 0 Å². The highest BCUT2D eigenvalue weighted by Gasteiger charge is 2.18. The number of benzene rings is 1. The van der Waals surface area contributed by atoms with E-state index in [0.29, 0.717) is 12.4 Å². The van der Waals surface area contributed by atoms with Gasteiger partial charge in [-0.1, -0.05) is 39.0 Å². The zero-order valence-corrected chi connectivity index (χ0v) is 11.7. The molecule has 0 radical (unpaired) electrons. The molecule has 2 N–H and O–H groups in total. The lowest BCUT2D eigenvalue weighted by atomic mass is 9.86. The maximum absolute atomic E-state index is 5.91. The monoisotopic (exact) mass is 256 g/mol. The van der Waals surface area contributed by atoms with Crippen molar-refractivity contribution in [1.29, 1.82) is 0 Å². The van der Waals surface area contributed by atoms with Crippen LogP contribution in [-0.2, 0) is 12.0 Å². The lowest BCUT2D eigenvalue weighted by Gasteiger charge is -2.22. The number of nitrogens with two attached hydrogens (primary N) is 1. The van der Waals surface area contributed by atoms with E-state index in [-0.39, 0.29) is 5.41 Å². The summed E-state index contributed by atoms with van der Waals surface area (Å²) in [5, 5.41) is 0. The predicted octanol–water partition coefficient (Wildman–Crippen LogP) is 3.63. The average Bonchev–Trinajstić information content (AvgIpc) is 2.38. The van der Waals surface area contributed by atoms with E-state index in [1.165, 1.54) is 0 Å². The van der Waals surface area contributed by atoms with Crippen molar-refractivity contribution in [3.8, 4) is 11.6 Å². The van der Waals surface area contributed by atoms with Crippen LogP contribution in [0.25, 0.3) is 0 Å². The van der Waals surface area contributed by atoms with Gasteiger partial charge in [-0.3, -0.25) is 0 Å². The average molecular weight is 256 g/mol. The summed E-state index contributed by atoms with van der Waals surface area (Å²) in [5.41, 5.74) is 7.83. The van der Waals surface area contributed by atoms with E-state index in [0.717, 1.165) is 16.9 Å². The largest absolute Gasteiger partial charge is 0.439 e. The fourth-order valence-electron chi connectivity index (χ4n) is 1.92. The van der Waals surface area contributed by atoms with Crippen LogP contribution in [0.15, 0.2) is 42.6 Å². The van der Waals surface area contributed by atoms with Gasteiger partial charge in [-0.15, -0.1) is 0 Å². The van der Waals surface area contributed by atoms with E-state index in [4.69, 9.17) is 10.5 Å². The van der Waals surface area contributed by atoms with Crippen molar-refractivity contribution in [2.75, 3.05) is 0 Å². The Labute approximate surface area is 114 Å². The SMILES string of the molecule is CC(C)(C)c1ccccc1Oc1cc(CN)ccn1. The first-order chi connectivity index (χ1) is 9.00. The quantitative estimate of drug-likeness (QED) is 0.912. The first-order valence-electron chi connectivity index (χ1n) is 6.43. The third-order valence-electron chi connectivity index (χ3n) is 2.94. The molecule has 3 heteroatoms. The van der Waals surface area contributed by atoms with Crippen LogP contribution in [0.1, 0.15) is 31.9 Å². The second kappa shape index (κ2) is 5.41. The Morgan fingerprint density at radius 3 is 2.58 bits per heavy atom. The molecule has 0 saturated heterocycles. The molecular weight excluding hydrogens is 236 g/mol. The van der Waals surface area contributed by atoms with E-state index >= 15 is 0 Å². The number of ether oxygens (including phenoxy) is 1. The molecule has 3 nitrogen and oxygen atoms in total. The smallest absolute Gasteiger partial charge is 0.219 e. The number of hydrogen-bond donors (Lipinski definition) is 1. The Hall–Kier alpha value is -1.87. The van der Waals surface area contributed by atoms with Gasteiger partial charge in [0.2, 0.25) is 5.88 Å². The summed E-state index contributed by atoms with van der Waals surface area (Å²) >= 11 is 0. The summed E-state index contributed by atoms with van der Waals surface area (Å²) in [7, 11) is 0. The van der Waals surface area contributed by atoms with E-state index in [9.17, 15) is 0 Å². The summed E-state index contributed by atoms with van der Waals surface area (Å²) in [5.74, 6) is 1.43. The van der Waals surface area contributed by atoms with Crippen LogP contribution in [0.5, 0.6) is 11.6 Å². The Morgan fingerprint density at radius 1 is 1.16 bits per heavy atom. The number of aromatic nitrogens is 1. The molecule has 0 aliphatic heterocycles. The molecule has 1 aromatic heterocycles. The standard InChI is InChI=1S/C16H20N2O/c1-16(2,3)13-6-4-5-7-14(13)19-15-10-12(11-17)8-9-18-15/h4-10H,11,17H2,1-3H3. The van der Waals surface area contributed by atoms with Gasteiger partial charge in [0.15, 0.2) is 0 Å². The van der Waals surface area contributed by atoms with Crippen molar-refractivity contribution < 1.29 is 4.74 Å². The number of para-hydroxylation sites is 1. The second-order valence-corrected chi connectivity index (χ2v) is 5.55. The third kappa shape index (κ3) is 3.32. The Morgan fingerprint density at radius 2 is 1.89 bits per heavy atom. The molecule has 100 valence electrons. The molecule has 2 rings (SSSR count). The molecule has 1 heterocycles. The van der Waals surface area contributed by atoms with Crippen molar-refractivity contribution in [3.05, 3.63) is 53.7 Å². The Bertz CT molecular complexity index is 559. The van der Waals surface area contributed by atoms with Gasteiger partial charge in [0.1, 0.15) is 5.75 Å². The van der Waals surface area contributed by atoms with Gasteiger partial charge in [-0.05, 0) is 23.1 Å². The molecule has 0 fully saturated rings. The molecule has 0 amide bonds. The number of nitrogens with zero attached hydrogens (tertiary/aromatic N) is 1. The van der Waals surface area contributed by atoms with Crippen molar-refractivity contribution in [2.45, 2.75) is 32.7 Å². The number of pyridine rings is 1. The van der Waals surface area contributed by atoms with Crippen molar-refractivity contribution in [1.82, 2.24) is 4.98 Å². The molecule has 1 aromatic carbocycles. The van der Waals surface area contributed by atoms with Crippen LogP contribution in [0.2, 0.25) is 0 Å². The van der Waals surface area contributed by atoms with E-state index in [1.54, 1.807) is 6.20 Å². The van der Waals surface area contributed by atoms with Gasteiger partial charge in [0.25, 0.3) is 0 Å². The fraction of sp³-hybridized carbons (Fsp3) is 0.312. The summed E-state index contributed by atoms with van der Waals surface area (Å²) in [6, 6.07) is 11.8. The molecule has 2 aromatic rings. The summed E-state index contributed by atoms with van der Waals surface area (Å²) in [6.07, 6.45) is 1.72. The van der Waals surface area contributed by atoms with Gasteiger partial charge >= 0.3 is 0 Å². The Balaban J connectivity index is 2.33. The minimum atomic E-state index is 0.0298. The lowest BCUT2D eigenvalue weighted by Crippen LogP contribution is -2.12. The molecule has 0 unspecified atom stereocenters. The van der Waals surface area contributed by atoms with Crippen LogP contribution in [0.3, 0.4) is 0 Å². The normalized spacial score (nSPS) is 11.4. The third-order valence-corrected chi connectivity index (χ3v) is 2.94. The molecule has 19 heavy (non-hydrogen) atoms. The zero-order chi connectivity index (χ0) is 13.9. The van der Waals surface area contributed by atoms with Gasteiger partial charge in [0, 0.05) is 24.4 Å². The first kappa shape index (κ1) is 13.6. The molecule has 0 bridgehead atoms.